The van der Waals surface area contributed by atoms with E-state index >= 15 is 0 Å². The van der Waals surface area contributed by atoms with Crippen LogP contribution in [-0.4, -0.2) is 13.2 Å². The fourth-order valence-corrected chi connectivity index (χ4v) is 1.58. The number of hydrogen-bond acceptors (Lipinski definition) is 2. The molecule has 1 N–H and O–H groups in total. The predicted octanol–water partition coefficient (Wildman–Crippen LogP) is 3.40. The SMILES string of the molecule is C=CCCOc1cccc(Cl)c1CNCC. The van der Waals surface area contributed by atoms with Gasteiger partial charge in [0.05, 0.1) is 6.61 Å². The molecule has 2 nitrogen and oxygen atoms in total. The Morgan fingerprint density at radius 3 is 3.00 bits per heavy atom. The highest BCUT2D eigenvalue weighted by Crippen LogP contribution is 2.26. The Bertz CT molecular complexity index is 339. The second-order valence-electron chi connectivity index (χ2n) is 3.42. The molecule has 88 valence electrons. The van der Waals surface area contributed by atoms with E-state index in [2.05, 4.69) is 18.8 Å². The Morgan fingerprint density at radius 2 is 2.31 bits per heavy atom. The molecule has 0 aliphatic rings. The first-order valence-corrected chi connectivity index (χ1v) is 5.89. The number of rotatable bonds is 7. The zero-order valence-electron chi connectivity index (χ0n) is 9.63. The lowest BCUT2D eigenvalue weighted by Crippen LogP contribution is -2.13. The maximum absolute atomic E-state index is 6.14. The van der Waals surface area contributed by atoms with Gasteiger partial charge in [-0.3, -0.25) is 0 Å². The van der Waals surface area contributed by atoms with Crippen molar-refractivity contribution in [2.45, 2.75) is 19.9 Å². The fourth-order valence-electron chi connectivity index (χ4n) is 1.35. The number of benzene rings is 1. The van der Waals surface area contributed by atoms with Crippen molar-refractivity contribution >= 4 is 11.6 Å². The van der Waals surface area contributed by atoms with Crippen molar-refractivity contribution in [1.82, 2.24) is 5.32 Å². The highest BCUT2D eigenvalue weighted by atomic mass is 35.5. The monoisotopic (exact) mass is 239 g/mol. The summed E-state index contributed by atoms with van der Waals surface area (Å²) in [6.45, 7) is 8.02. The number of ether oxygens (including phenoxy) is 1. The highest BCUT2D eigenvalue weighted by Gasteiger charge is 2.07. The van der Waals surface area contributed by atoms with Crippen LogP contribution in [0.25, 0.3) is 0 Å². The summed E-state index contributed by atoms with van der Waals surface area (Å²) in [5.74, 6) is 0.857. The average Bonchev–Trinajstić information content (AvgIpc) is 2.28. The van der Waals surface area contributed by atoms with E-state index in [1.165, 1.54) is 0 Å². The van der Waals surface area contributed by atoms with Crippen molar-refractivity contribution in [3.8, 4) is 5.75 Å². The molecule has 0 bridgehead atoms. The summed E-state index contributed by atoms with van der Waals surface area (Å²) in [5.41, 5.74) is 1.02. The molecule has 0 unspecified atom stereocenters. The van der Waals surface area contributed by atoms with Gasteiger partial charge in [-0.05, 0) is 25.1 Å². The Hall–Kier alpha value is -0.990. The largest absolute Gasteiger partial charge is 0.493 e. The van der Waals surface area contributed by atoms with Crippen LogP contribution in [-0.2, 0) is 6.54 Å². The molecule has 0 aliphatic heterocycles. The number of nitrogens with one attached hydrogen (secondary N) is 1. The molecule has 0 heterocycles. The van der Waals surface area contributed by atoms with E-state index in [1.807, 2.05) is 24.3 Å². The van der Waals surface area contributed by atoms with Gasteiger partial charge in [0.2, 0.25) is 0 Å². The van der Waals surface area contributed by atoms with Crippen molar-refractivity contribution in [1.29, 1.82) is 0 Å². The van der Waals surface area contributed by atoms with Gasteiger partial charge in [-0.2, -0.15) is 0 Å². The molecule has 0 radical (unpaired) electrons. The summed E-state index contributed by atoms with van der Waals surface area (Å²) in [6, 6.07) is 5.73. The third kappa shape index (κ3) is 3.87. The van der Waals surface area contributed by atoms with E-state index in [-0.39, 0.29) is 0 Å². The molecule has 1 rings (SSSR count). The van der Waals surface area contributed by atoms with Crippen molar-refractivity contribution in [3.05, 3.63) is 41.4 Å². The van der Waals surface area contributed by atoms with Crippen LogP contribution in [0.3, 0.4) is 0 Å². The van der Waals surface area contributed by atoms with Gasteiger partial charge < -0.3 is 10.1 Å². The van der Waals surface area contributed by atoms with Crippen LogP contribution in [0.5, 0.6) is 5.75 Å². The van der Waals surface area contributed by atoms with E-state index < -0.39 is 0 Å². The molecule has 0 fully saturated rings. The number of halogens is 1. The first kappa shape index (κ1) is 13.1. The van der Waals surface area contributed by atoms with Crippen LogP contribution in [0.2, 0.25) is 5.02 Å². The first-order chi connectivity index (χ1) is 7.79. The second kappa shape index (κ2) is 7.31. The lowest BCUT2D eigenvalue weighted by atomic mass is 10.2. The third-order valence-corrected chi connectivity index (χ3v) is 2.56. The summed E-state index contributed by atoms with van der Waals surface area (Å²) >= 11 is 6.14. The molecule has 0 atom stereocenters. The molecule has 0 spiro atoms. The van der Waals surface area contributed by atoms with Crippen LogP contribution in [0.15, 0.2) is 30.9 Å². The van der Waals surface area contributed by atoms with E-state index in [4.69, 9.17) is 16.3 Å². The number of hydrogen-bond donors (Lipinski definition) is 1. The minimum atomic E-state index is 0.642. The maximum atomic E-state index is 6.14. The average molecular weight is 240 g/mol. The van der Waals surface area contributed by atoms with Crippen LogP contribution in [0.1, 0.15) is 18.9 Å². The molecule has 0 saturated heterocycles. The van der Waals surface area contributed by atoms with E-state index in [0.717, 1.165) is 35.8 Å². The standard InChI is InChI=1S/C13H18ClNO/c1-3-5-9-16-13-8-6-7-12(14)11(13)10-15-4-2/h3,6-8,15H,1,4-5,9-10H2,2H3. The zero-order chi connectivity index (χ0) is 11.8. The Kier molecular flexibility index (Phi) is 5.98. The molecule has 0 aliphatic carbocycles. The molecule has 16 heavy (non-hydrogen) atoms. The molecule has 3 heteroatoms. The molecule has 0 aromatic heterocycles. The zero-order valence-corrected chi connectivity index (χ0v) is 10.4. The Balaban J connectivity index is 2.72. The van der Waals surface area contributed by atoms with Gasteiger partial charge in [0.1, 0.15) is 5.75 Å². The Labute approximate surface area is 102 Å². The van der Waals surface area contributed by atoms with Crippen LogP contribution in [0.4, 0.5) is 0 Å². The maximum Gasteiger partial charge on any atom is 0.125 e. The molecular weight excluding hydrogens is 222 g/mol. The van der Waals surface area contributed by atoms with E-state index in [0.29, 0.717) is 6.61 Å². The van der Waals surface area contributed by atoms with Gasteiger partial charge in [0.25, 0.3) is 0 Å². The third-order valence-electron chi connectivity index (χ3n) is 2.21. The van der Waals surface area contributed by atoms with Crippen molar-refractivity contribution in [3.63, 3.8) is 0 Å². The second-order valence-corrected chi connectivity index (χ2v) is 3.83. The van der Waals surface area contributed by atoms with Crippen molar-refractivity contribution in [2.24, 2.45) is 0 Å². The molecule has 1 aromatic carbocycles. The van der Waals surface area contributed by atoms with Gasteiger partial charge in [-0.15, -0.1) is 6.58 Å². The Morgan fingerprint density at radius 1 is 1.50 bits per heavy atom. The quantitative estimate of drug-likeness (QED) is 0.582. The van der Waals surface area contributed by atoms with Crippen LogP contribution in [0, 0.1) is 0 Å². The summed E-state index contributed by atoms with van der Waals surface area (Å²) in [5, 5.41) is 4.00. The van der Waals surface area contributed by atoms with Gasteiger partial charge in [0, 0.05) is 17.1 Å². The van der Waals surface area contributed by atoms with E-state index in [9.17, 15) is 0 Å². The molecule has 0 saturated carbocycles. The highest BCUT2D eigenvalue weighted by molar-refractivity contribution is 6.31. The molecule has 1 aromatic rings. The summed E-state index contributed by atoms with van der Waals surface area (Å²) < 4.78 is 5.66. The minimum absolute atomic E-state index is 0.642. The first-order valence-electron chi connectivity index (χ1n) is 5.51. The van der Waals surface area contributed by atoms with Gasteiger partial charge in [0.15, 0.2) is 0 Å². The predicted molar refractivity (Wildman–Crippen MR) is 69.1 cm³/mol. The lowest BCUT2D eigenvalue weighted by Gasteiger charge is -2.12. The normalized spacial score (nSPS) is 10.1. The topological polar surface area (TPSA) is 21.3 Å². The van der Waals surface area contributed by atoms with Crippen LogP contribution < -0.4 is 10.1 Å². The van der Waals surface area contributed by atoms with Crippen molar-refractivity contribution in [2.75, 3.05) is 13.2 Å². The summed E-state index contributed by atoms with van der Waals surface area (Å²) in [7, 11) is 0. The minimum Gasteiger partial charge on any atom is -0.493 e. The van der Waals surface area contributed by atoms with E-state index in [1.54, 1.807) is 0 Å². The van der Waals surface area contributed by atoms with Crippen molar-refractivity contribution < 1.29 is 4.74 Å². The smallest absolute Gasteiger partial charge is 0.125 e. The van der Waals surface area contributed by atoms with Crippen LogP contribution >= 0.6 is 11.6 Å². The fraction of sp³-hybridized carbons (Fsp3) is 0.385. The lowest BCUT2D eigenvalue weighted by molar-refractivity contribution is 0.321. The summed E-state index contributed by atoms with van der Waals surface area (Å²) in [4.78, 5) is 0. The van der Waals surface area contributed by atoms with Gasteiger partial charge in [-0.25, -0.2) is 0 Å². The summed E-state index contributed by atoms with van der Waals surface area (Å²) in [6.07, 6.45) is 2.68. The van der Waals surface area contributed by atoms with Gasteiger partial charge >= 0.3 is 0 Å². The molecular formula is C13H18ClNO. The molecule has 0 amide bonds. The van der Waals surface area contributed by atoms with Gasteiger partial charge in [-0.1, -0.05) is 30.7 Å².